The molecule has 2 aromatic carbocycles. The van der Waals surface area contributed by atoms with Crippen LogP contribution in [0.4, 0.5) is 5.69 Å². The molecule has 3 aromatic rings. The van der Waals surface area contributed by atoms with Gasteiger partial charge in [-0.3, -0.25) is 9.59 Å². The van der Waals surface area contributed by atoms with Crippen molar-refractivity contribution < 1.29 is 14.0 Å². The number of para-hydroxylation sites is 1. The summed E-state index contributed by atoms with van der Waals surface area (Å²) in [6, 6.07) is 13.5. The van der Waals surface area contributed by atoms with Gasteiger partial charge in [-0.2, -0.15) is 0 Å². The first-order chi connectivity index (χ1) is 11.1. The molecule has 0 saturated heterocycles. The lowest BCUT2D eigenvalue weighted by Gasteiger charge is -2.04. The van der Waals surface area contributed by atoms with Gasteiger partial charge in [-0.05, 0) is 36.4 Å². The molecule has 0 aliphatic rings. The lowest BCUT2D eigenvalue weighted by Crippen LogP contribution is -2.15. The minimum atomic E-state index is -0.414. The summed E-state index contributed by atoms with van der Waals surface area (Å²) in [5, 5.41) is 3.81. The van der Waals surface area contributed by atoms with Crippen molar-refractivity contribution in [2.45, 2.75) is 0 Å². The topological polar surface area (TPSA) is 59.3 Å². The first kappa shape index (κ1) is 15.6. The maximum atomic E-state index is 12.7. The Labute approximate surface area is 142 Å². The Morgan fingerprint density at radius 2 is 1.74 bits per heavy atom. The van der Waals surface area contributed by atoms with Gasteiger partial charge in [0.25, 0.3) is 0 Å². The van der Waals surface area contributed by atoms with Crippen molar-refractivity contribution in [1.29, 1.82) is 0 Å². The molecule has 116 valence electrons. The molecule has 1 amide bonds. The highest BCUT2D eigenvalue weighted by Gasteiger charge is 2.23. The fourth-order valence-corrected chi connectivity index (χ4v) is 2.43. The number of anilines is 1. The van der Waals surface area contributed by atoms with Crippen LogP contribution in [0, 0.1) is 0 Å². The molecule has 1 heterocycles. The van der Waals surface area contributed by atoms with E-state index in [2.05, 4.69) is 5.32 Å². The number of furan rings is 1. The standard InChI is InChI=1S/C17H11Cl2NO3/c18-9-14(21)20-15-12-3-1-2-4-13(12)23-17(15)16(22)10-5-7-11(19)8-6-10/h1-8H,9H2,(H,20,21). The van der Waals surface area contributed by atoms with Crippen molar-refractivity contribution in [3.63, 3.8) is 0 Å². The number of hydrogen-bond donors (Lipinski definition) is 1. The molecule has 0 unspecified atom stereocenters. The molecule has 23 heavy (non-hydrogen) atoms. The molecule has 0 aliphatic carbocycles. The zero-order valence-electron chi connectivity index (χ0n) is 11.8. The molecule has 0 bridgehead atoms. The molecule has 0 saturated carbocycles. The predicted octanol–water partition coefficient (Wildman–Crippen LogP) is 4.49. The number of halogens is 2. The Bertz CT molecular complexity index is 884. The van der Waals surface area contributed by atoms with Crippen LogP contribution >= 0.6 is 23.2 Å². The van der Waals surface area contributed by atoms with E-state index in [0.717, 1.165) is 0 Å². The van der Waals surface area contributed by atoms with Gasteiger partial charge < -0.3 is 9.73 Å². The molecule has 0 spiro atoms. The van der Waals surface area contributed by atoms with Gasteiger partial charge in [0.05, 0.1) is 5.69 Å². The van der Waals surface area contributed by atoms with E-state index in [1.54, 1.807) is 48.5 Å². The number of nitrogens with one attached hydrogen (secondary N) is 1. The maximum absolute atomic E-state index is 12.7. The van der Waals surface area contributed by atoms with Gasteiger partial charge >= 0.3 is 0 Å². The van der Waals surface area contributed by atoms with Crippen LogP contribution in [0.3, 0.4) is 0 Å². The summed E-state index contributed by atoms with van der Waals surface area (Å²) in [4.78, 5) is 24.4. The van der Waals surface area contributed by atoms with Crippen molar-refractivity contribution >= 4 is 51.5 Å². The first-order valence-corrected chi connectivity index (χ1v) is 7.69. The largest absolute Gasteiger partial charge is 0.450 e. The number of ketones is 1. The first-order valence-electron chi connectivity index (χ1n) is 6.78. The Kier molecular flexibility index (Phi) is 4.37. The van der Waals surface area contributed by atoms with Gasteiger partial charge in [0, 0.05) is 16.0 Å². The zero-order valence-corrected chi connectivity index (χ0v) is 13.3. The number of carbonyl (C=O) groups is 2. The Morgan fingerprint density at radius 1 is 1.04 bits per heavy atom. The van der Waals surface area contributed by atoms with E-state index in [1.165, 1.54) is 0 Å². The van der Waals surface area contributed by atoms with Gasteiger partial charge in [-0.25, -0.2) is 0 Å². The number of alkyl halides is 1. The fourth-order valence-electron chi connectivity index (χ4n) is 2.23. The molecule has 1 N–H and O–H groups in total. The maximum Gasteiger partial charge on any atom is 0.239 e. The van der Waals surface area contributed by atoms with Crippen LogP contribution in [0.1, 0.15) is 16.1 Å². The van der Waals surface area contributed by atoms with Gasteiger partial charge in [-0.15, -0.1) is 11.6 Å². The Balaban J connectivity index is 2.11. The van der Waals surface area contributed by atoms with E-state index in [4.69, 9.17) is 27.6 Å². The second-order valence-corrected chi connectivity index (χ2v) is 5.52. The second kappa shape index (κ2) is 6.44. The predicted molar refractivity (Wildman–Crippen MR) is 90.4 cm³/mol. The highest BCUT2D eigenvalue weighted by Crippen LogP contribution is 2.32. The van der Waals surface area contributed by atoms with E-state index >= 15 is 0 Å². The third kappa shape index (κ3) is 3.09. The average Bonchev–Trinajstić information content (AvgIpc) is 2.93. The quantitative estimate of drug-likeness (QED) is 0.558. The lowest BCUT2D eigenvalue weighted by atomic mass is 10.1. The molecule has 6 heteroatoms. The normalized spacial score (nSPS) is 10.7. The van der Waals surface area contributed by atoms with E-state index < -0.39 is 5.91 Å². The van der Waals surface area contributed by atoms with Crippen molar-refractivity contribution in [3.05, 3.63) is 64.9 Å². The minimum Gasteiger partial charge on any atom is -0.450 e. The van der Waals surface area contributed by atoms with Gasteiger partial charge in [0.2, 0.25) is 11.7 Å². The molecular formula is C17H11Cl2NO3. The van der Waals surface area contributed by atoms with Gasteiger partial charge in [0.1, 0.15) is 11.5 Å². The molecule has 0 radical (unpaired) electrons. The number of rotatable bonds is 4. The van der Waals surface area contributed by atoms with Crippen LogP contribution < -0.4 is 5.32 Å². The molecule has 3 rings (SSSR count). The van der Waals surface area contributed by atoms with Gasteiger partial charge in [0.15, 0.2) is 5.76 Å². The highest BCUT2D eigenvalue weighted by atomic mass is 35.5. The minimum absolute atomic E-state index is 0.0620. The molecule has 0 atom stereocenters. The van der Waals surface area contributed by atoms with Crippen molar-refractivity contribution in [2.24, 2.45) is 0 Å². The molecule has 1 aromatic heterocycles. The summed E-state index contributed by atoms with van der Waals surface area (Å²) in [5.74, 6) is -0.910. The summed E-state index contributed by atoms with van der Waals surface area (Å²) in [6.45, 7) is 0. The van der Waals surface area contributed by atoms with Crippen LogP contribution in [0.25, 0.3) is 11.0 Å². The summed E-state index contributed by atoms with van der Waals surface area (Å²) in [5.41, 5.74) is 1.25. The Morgan fingerprint density at radius 3 is 2.43 bits per heavy atom. The summed E-state index contributed by atoms with van der Waals surface area (Å²) in [6.07, 6.45) is 0. The average molecular weight is 348 g/mol. The SMILES string of the molecule is O=C(CCl)Nc1c(C(=O)c2ccc(Cl)cc2)oc2ccccc12. The highest BCUT2D eigenvalue weighted by molar-refractivity contribution is 6.31. The lowest BCUT2D eigenvalue weighted by molar-refractivity contribution is -0.113. The number of carbonyl (C=O) groups excluding carboxylic acids is 2. The zero-order chi connectivity index (χ0) is 16.4. The van der Waals surface area contributed by atoms with Crippen LogP contribution in [0.5, 0.6) is 0 Å². The molecular weight excluding hydrogens is 337 g/mol. The third-order valence-electron chi connectivity index (χ3n) is 3.29. The third-order valence-corrected chi connectivity index (χ3v) is 3.79. The van der Waals surface area contributed by atoms with E-state index in [-0.39, 0.29) is 17.4 Å². The van der Waals surface area contributed by atoms with Crippen LogP contribution in [-0.2, 0) is 4.79 Å². The summed E-state index contributed by atoms with van der Waals surface area (Å²) >= 11 is 11.4. The van der Waals surface area contributed by atoms with Crippen molar-refractivity contribution in [1.82, 2.24) is 0 Å². The second-order valence-electron chi connectivity index (χ2n) is 4.82. The van der Waals surface area contributed by atoms with E-state index in [1.807, 2.05) is 0 Å². The molecule has 0 aliphatic heterocycles. The van der Waals surface area contributed by atoms with Crippen LogP contribution in [0.15, 0.2) is 52.9 Å². The summed E-state index contributed by atoms with van der Waals surface area (Å²) < 4.78 is 5.65. The number of benzene rings is 2. The smallest absolute Gasteiger partial charge is 0.239 e. The van der Waals surface area contributed by atoms with Gasteiger partial charge in [-0.1, -0.05) is 23.7 Å². The van der Waals surface area contributed by atoms with E-state index in [0.29, 0.717) is 27.2 Å². The van der Waals surface area contributed by atoms with Crippen LogP contribution in [-0.4, -0.2) is 17.6 Å². The summed E-state index contributed by atoms with van der Waals surface area (Å²) in [7, 11) is 0. The van der Waals surface area contributed by atoms with E-state index in [9.17, 15) is 9.59 Å². The number of amides is 1. The van der Waals surface area contributed by atoms with Crippen LogP contribution in [0.2, 0.25) is 5.02 Å². The van der Waals surface area contributed by atoms with Crippen molar-refractivity contribution in [3.8, 4) is 0 Å². The molecule has 0 fully saturated rings. The molecule has 4 nitrogen and oxygen atoms in total. The van der Waals surface area contributed by atoms with Crippen molar-refractivity contribution in [2.75, 3.05) is 11.2 Å². The Hall–Kier alpha value is -2.30. The fraction of sp³-hybridized carbons (Fsp3) is 0.0588. The number of hydrogen-bond acceptors (Lipinski definition) is 3. The monoisotopic (exact) mass is 347 g/mol. The number of fused-ring (bicyclic) bond motifs is 1.